The Morgan fingerprint density at radius 3 is 2.61 bits per heavy atom. The minimum absolute atomic E-state index is 0.0913. The zero-order valence-electron chi connectivity index (χ0n) is 16.1. The van der Waals surface area contributed by atoms with Gasteiger partial charge in [0.2, 0.25) is 5.91 Å². The zero-order valence-corrected chi connectivity index (χ0v) is 16.9. The first kappa shape index (κ1) is 19.8. The molecular formula is C20H21N3O4S. The number of fused-ring (bicyclic) bond motifs is 1. The van der Waals surface area contributed by atoms with Gasteiger partial charge in [-0.25, -0.2) is 9.78 Å². The molecule has 0 bridgehead atoms. The molecule has 7 nitrogen and oxygen atoms in total. The number of thiophene rings is 1. The number of esters is 1. The van der Waals surface area contributed by atoms with E-state index in [0.29, 0.717) is 16.2 Å². The van der Waals surface area contributed by atoms with E-state index in [-0.39, 0.29) is 34.2 Å². The van der Waals surface area contributed by atoms with Crippen LogP contribution in [0.1, 0.15) is 39.6 Å². The summed E-state index contributed by atoms with van der Waals surface area (Å²) in [7, 11) is 2.98. The summed E-state index contributed by atoms with van der Waals surface area (Å²) in [5.74, 6) is -0.342. The van der Waals surface area contributed by atoms with E-state index >= 15 is 0 Å². The van der Waals surface area contributed by atoms with Crippen molar-refractivity contribution < 1.29 is 14.3 Å². The van der Waals surface area contributed by atoms with Gasteiger partial charge in [0.15, 0.2) is 0 Å². The molecule has 1 amide bonds. The van der Waals surface area contributed by atoms with Gasteiger partial charge in [-0.1, -0.05) is 30.3 Å². The third-order valence-corrected chi connectivity index (χ3v) is 5.84. The molecule has 0 unspecified atom stereocenters. The smallest absolute Gasteiger partial charge is 0.348 e. The number of hydrogen-bond acceptors (Lipinski definition) is 6. The Hall–Kier alpha value is -3.00. The fraction of sp³-hybridized carbons (Fsp3) is 0.300. The van der Waals surface area contributed by atoms with E-state index in [9.17, 15) is 14.4 Å². The highest BCUT2D eigenvalue weighted by atomic mass is 32.1. The average molecular weight is 399 g/mol. The fourth-order valence-electron chi connectivity index (χ4n) is 3.05. The molecule has 0 spiro atoms. The van der Waals surface area contributed by atoms with Crippen LogP contribution in [0, 0.1) is 6.92 Å². The summed E-state index contributed by atoms with van der Waals surface area (Å²) in [6.45, 7) is 3.59. The summed E-state index contributed by atoms with van der Waals surface area (Å²) in [6.07, 6.45) is -0.0913. The molecule has 28 heavy (non-hydrogen) atoms. The number of nitrogens with one attached hydrogen (secondary N) is 1. The van der Waals surface area contributed by atoms with Crippen molar-refractivity contribution in [2.45, 2.75) is 26.3 Å². The molecule has 1 N–H and O–H groups in total. The van der Waals surface area contributed by atoms with Gasteiger partial charge in [0.1, 0.15) is 15.5 Å². The van der Waals surface area contributed by atoms with Crippen LogP contribution >= 0.6 is 11.3 Å². The fourth-order valence-corrected chi connectivity index (χ4v) is 4.20. The van der Waals surface area contributed by atoms with Gasteiger partial charge in [-0.3, -0.25) is 9.59 Å². The van der Waals surface area contributed by atoms with Crippen molar-refractivity contribution in [3.63, 3.8) is 0 Å². The van der Waals surface area contributed by atoms with Gasteiger partial charge in [0, 0.05) is 12.6 Å². The number of rotatable bonds is 5. The number of hydrogen-bond donors (Lipinski definition) is 1. The number of ether oxygens (including phenoxy) is 1. The molecule has 0 aliphatic carbocycles. The first-order valence-corrected chi connectivity index (χ1v) is 9.56. The third kappa shape index (κ3) is 3.68. The van der Waals surface area contributed by atoms with Crippen LogP contribution in [0.4, 0.5) is 0 Å². The number of aromatic amines is 1. The normalized spacial score (nSPS) is 12.0. The Balaban J connectivity index is 2.00. The number of H-pyrrole nitrogens is 1. The van der Waals surface area contributed by atoms with Crippen LogP contribution in [-0.2, 0) is 16.0 Å². The van der Waals surface area contributed by atoms with E-state index in [1.165, 1.54) is 7.11 Å². The van der Waals surface area contributed by atoms with Crippen LogP contribution in [0.15, 0.2) is 35.1 Å². The standard InChI is InChI=1S/C20H21N3O4S/c1-11(13-8-6-5-7-9-13)23(3)15(24)10-14-16-18(25)21-12(2)22-19(16)28-17(14)20(26)27-4/h5-9,11H,10H2,1-4H3,(H,21,22,25)/t11-/m1/s1. The van der Waals surface area contributed by atoms with E-state index in [2.05, 4.69) is 9.97 Å². The highest BCUT2D eigenvalue weighted by Gasteiger charge is 2.26. The molecule has 0 fully saturated rings. The van der Waals surface area contributed by atoms with Crippen molar-refractivity contribution in [2.75, 3.05) is 14.2 Å². The van der Waals surface area contributed by atoms with Crippen LogP contribution in [0.3, 0.4) is 0 Å². The van der Waals surface area contributed by atoms with E-state index in [0.717, 1.165) is 16.9 Å². The number of carbonyl (C=O) groups is 2. The molecule has 1 atom stereocenters. The van der Waals surface area contributed by atoms with Crippen LogP contribution in [-0.4, -0.2) is 40.9 Å². The molecule has 2 aromatic heterocycles. The molecular weight excluding hydrogens is 378 g/mol. The Morgan fingerprint density at radius 1 is 1.29 bits per heavy atom. The van der Waals surface area contributed by atoms with Gasteiger partial charge < -0.3 is 14.6 Å². The molecule has 0 saturated heterocycles. The predicted molar refractivity (Wildman–Crippen MR) is 108 cm³/mol. The highest BCUT2D eigenvalue weighted by molar-refractivity contribution is 7.20. The maximum absolute atomic E-state index is 13.0. The summed E-state index contributed by atoms with van der Waals surface area (Å²) in [5.41, 5.74) is 0.991. The van der Waals surface area contributed by atoms with Crippen molar-refractivity contribution in [3.8, 4) is 0 Å². The summed E-state index contributed by atoms with van der Waals surface area (Å²) >= 11 is 1.07. The first-order valence-electron chi connectivity index (χ1n) is 8.74. The molecule has 2 heterocycles. The second-order valence-electron chi connectivity index (χ2n) is 6.50. The lowest BCUT2D eigenvalue weighted by molar-refractivity contribution is -0.131. The van der Waals surface area contributed by atoms with E-state index in [1.54, 1.807) is 18.9 Å². The van der Waals surface area contributed by atoms with Gasteiger partial charge in [0.25, 0.3) is 5.56 Å². The van der Waals surface area contributed by atoms with Crippen molar-refractivity contribution >= 4 is 33.4 Å². The topological polar surface area (TPSA) is 92.4 Å². The molecule has 3 aromatic rings. The second kappa shape index (κ2) is 7.93. The lowest BCUT2D eigenvalue weighted by Gasteiger charge is -2.25. The molecule has 0 aliphatic heterocycles. The Labute approximate surface area is 166 Å². The lowest BCUT2D eigenvalue weighted by Crippen LogP contribution is -2.31. The molecule has 3 rings (SSSR count). The minimum atomic E-state index is -0.582. The number of aromatic nitrogens is 2. The van der Waals surface area contributed by atoms with Gasteiger partial charge in [-0.05, 0) is 19.4 Å². The van der Waals surface area contributed by atoms with Gasteiger partial charge in [-0.2, -0.15) is 0 Å². The van der Waals surface area contributed by atoms with Crippen LogP contribution in [0.25, 0.3) is 10.2 Å². The van der Waals surface area contributed by atoms with E-state index in [4.69, 9.17) is 4.74 Å². The third-order valence-electron chi connectivity index (χ3n) is 4.73. The van der Waals surface area contributed by atoms with Crippen molar-refractivity contribution in [1.29, 1.82) is 0 Å². The quantitative estimate of drug-likeness (QED) is 0.666. The molecule has 146 valence electrons. The molecule has 0 aliphatic rings. The minimum Gasteiger partial charge on any atom is -0.465 e. The number of benzene rings is 1. The van der Waals surface area contributed by atoms with Crippen LogP contribution in [0.5, 0.6) is 0 Å². The van der Waals surface area contributed by atoms with Crippen molar-refractivity contribution in [3.05, 3.63) is 62.5 Å². The Kier molecular flexibility index (Phi) is 5.60. The Morgan fingerprint density at radius 2 is 1.96 bits per heavy atom. The van der Waals surface area contributed by atoms with Crippen molar-refractivity contribution in [2.24, 2.45) is 0 Å². The first-order chi connectivity index (χ1) is 13.3. The number of likely N-dealkylation sites (N-methyl/N-ethyl adjacent to an activating group) is 1. The van der Waals surface area contributed by atoms with E-state index in [1.807, 2.05) is 37.3 Å². The number of aryl methyl sites for hydroxylation is 1. The van der Waals surface area contributed by atoms with E-state index < -0.39 is 5.97 Å². The van der Waals surface area contributed by atoms with Crippen LogP contribution < -0.4 is 5.56 Å². The zero-order chi connectivity index (χ0) is 20.4. The number of amides is 1. The number of nitrogens with zero attached hydrogens (tertiary/aromatic N) is 2. The maximum atomic E-state index is 13.0. The monoisotopic (exact) mass is 399 g/mol. The highest BCUT2D eigenvalue weighted by Crippen LogP contribution is 2.30. The summed E-state index contributed by atoms with van der Waals surface area (Å²) in [4.78, 5) is 46.9. The van der Waals surface area contributed by atoms with Gasteiger partial charge >= 0.3 is 5.97 Å². The lowest BCUT2D eigenvalue weighted by atomic mass is 10.1. The van der Waals surface area contributed by atoms with Gasteiger partial charge in [-0.15, -0.1) is 11.3 Å². The number of methoxy groups -OCH3 is 1. The number of carbonyl (C=O) groups excluding carboxylic acids is 2. The largest absolute Gasteiger partial charge is 0.465 e. The summed E-state index contributed by atoms with van der Waals surface area (Å²) in [6, 6.07) is 9.49. The predicted octanol–water partition coefficient (Wildman–Crippen LogP) is 2.84. The van der Waals surface area contributed by atoms with Crippen molar-refractivity contribution in [1.82, 2.24) is 14.9 Å². The summed E-state index contributed by atoms with van der Waals surface area (Å²) < 4.78 is 4.84. The molecule has 0 saturated carbocycles. The maximum Gasteiger partial charge on any atom is 0.348 e. The van der Waals surface area contributed by atoms with Crippen LogP contribution in [0.2, 0.25) is 0 Å². The summed E-state index contributed by atoms with van der Waals surface area (Å²) in [5, 5.41) is 0.269. The average Bonchev–Trinajstić information content (AvgIpc) is 3.05. The Bertz CT molecular complexity index is 1090. The molecule has 0 radical (unpaired) electrons. The molecule has 1 aromatic carbocycles. The SMILES string of the molecule is COC(=O)c1sc2nc(C)[nH]c(=O)c2c1CC(=O)N(C)[C@H](C)c1ccccc1. The molecule has 8 heteroatoms. The van der Waals surface area contributed by atoms with Gasteiger partial charge in [0.05, 0.1) is 25.0 Å². The second-order valence-corrected chi connectivity index (χ2v) is 7.50.